The third-order valence-electron chi connectivity index (χ3n) is 4.52. The van der Waals surface area contributed by atoms with Gasteiger partial charge in [0.25, 0.3) is 0 Å². The molecule has 4 heteroatoms. The molecule has 0 aromatic heterocycles. The molecule has 0 bridgehead atoms. The predicted molar refractivity (Wildman–Crippen MR) is 81.4 cm³/mol. The van der Waals surface area contributed by atoms with Gasteiger partial charge in [-0.1, -0.05) is 12.1 Å². The maximum atomic E-state index is 9.89. The molecule has 1 saturated heterocycles. The molecule has 1 aromatic carbocycles. The van der Waals surface area contributed by atoms with E-state index >= 15 is 0 Å². The van der Waals surface area contributed by atoms with Crippen molar-refractivity contribution < 1.29 is 14.6 Å². The molecule has 1 saturated carbocycles. The third-order valence-corrected chi connectivity index (χ3v) is 4.52. The van der Waals surface area contributed by atoms with Gasteiger partial charge in [0, 0.05) is 6.54 Å². The van der Waals surface area contributed by atoms with Crippen LogP contribution in [0.25, 0.3) is 0 Å². The Labute approximate surface area is 126 Å². The van der Waals surface area contributed by atoms with Crippen LogP contribution in [-0.2, 0) is 11.3 Å². The molecule has 21 heavy (non-hydrogen) atoms. The highest BCUT2D eigenvalue weighted by molar-refractivity contribution is 5.28. The first kappa shape index (κ1) is 14.8. The quantitative estimate of drug-likeness (QED) is 0.903. The fraction of sp³-hybridized carbons (Fsp3) is 0.647. The summed E-state index contributed by atoms with van der Waals surface area (Å²) in [7, 11) is 2.03. The smallest absolute Gasteiger partial charge is 0.120 e. The number of rotatable bonds is 5. The Morgan fingerprint density at radius 1 is 1.29 bits per heavy atom. The van der Waals surface area contributed by atoms with Crippen molar-refractivity contribution in [1.82, 2.24) is 4.90 Å². The average molecular weight is 291 g/mol. The summed E-state index contributed by atoms with van der Waals surface area (Å²) >= 11 is 0. The average Bonchev–Trinajstić information content (AvgIpc) is 3.10. The van der Waals surface area contributed by atoms with Gasteiger partial charge in [-0.2, -0.15) is 0 Å². The highest BCUT2D eigenvalue weighted by Gasteiger charge is 2.29. The number of hydrogen-bond acceptors (Lipinski definition) is 4. The minimum Gasteiger partial charge on any atom is -0.490 e. The molecule has 1 aliphatic carbocycles. The van der Waals surface area contributed by atoms with Crippen molar-refractivity contribution in [3.8, 4) is 5.75 Å². The first-order valence-electron chi connectivity index (χ1n) is 7.94. The summed E-state index contributed by atoms with van der Waals surface area (Å²) in [4.78, 5) is 2.16. The van der Waals surface area contributed by atoms with Crippen LogP contribution in [0.3, 0.4) is 0 Å². The normalized spacial score (nSPS) is 26.6. The molecule has 1 heterocycles. The molecule has 4 nitrogen and oxygen atoms in total. The zero-order valence-electron chi connectivity index (χ0n) is 12.7. The van der Waals surface area contributed by atoms with Crippen molar-refractivity contribution >= 4 is 0 Å². The molecule has 0 spiro atoms. The summed E-state index contributed by atoms with van der Waals surface area (Å²) in [6.45, 7) is 1.85. The Balaban J connectivity index is 1.59. The third kappa shape index (κ3) is 3.76. The van der Waals surface area contributed by atoms with Crippen LogP contribution < -0.4 is 4.74 Å². The molecule has 0 unspecified atom stereocenters. The number of nitrogens with zero attached hydrogens (tertiary/aromatic N) is 1. The van der Waals surface area contributed by atoms with Crippen molar-refractivity contribution in [2.24, 2.45) is 0 Å². The monoisotopic (exact) mass is 291 g/mol. The van der Waals surface area contributed by atoms with Gasteiger partial charge in [0.15, 0.2) is 0 Å². The molecular formula is C17H25NO3. The van der Waals surface area contributed by atoms with Gasteiger partial charge in [-0.3, -0.25) is 4.90 Å². The highest BCUT2D eigenvalue weighted by Crippen LogP contribution is 2.25. The van der Waals surface area contributed by atoms with E-state index in [1.807, 2.05) is 13.1 Å². The van der Waals surface area contributed by atoms with Gasteiger partial charge in [0.1, 0.15) is 5.75 Å². The fourth-order valence-corrected chi connectivity index (χ4v) is 3.27. The van der Waals surface area contributed by atoms with E-state index in [1.54, 1.807) is 0 Å². The zero-order chi connectivity index (χ0) is 14.7. The number of benzene rings is 1. The molecule has 2 fully saturated rings. The van der Waals surface area contributed by atoms with Gasteiger partial charge in [-0.05, 0) is 50.4 Å². The second kappa shape index (κ2) is 6.77. The Kier molecular flexibility index (Phi) is 4.78. The summed E-state index contributed by atoms with van der Waals surface area (Å²) in [5.74, 6) is 0.969. The van der Waals surface area contributed by atoms with E-state index in [2.05, 4.69) is 23.1 Å². The van der Waals surface area contributed by atoms with Gasteiger partial charge in [-0.15, -0.1) is 0 Å². The number of aliphatic hydroxyl groups is 1. The maximum Gasteiger partial charge on any atom is 0.120 e. The summed E-state index contributed by atoms with van der Waals surface area (Å²) in [6.07, 6.45) is 4.93. The Hall–Kier alpha value is -1.10. The van der Waals surface area contributed by atoms with Crippen LogP contribution in [0.5, 0.6) is 5.75 Å². The number of ether oxygens (including phenoxy) is 2. The minimum absolute atomic E-state index is 0.0874. The van der Waals surface area contributed by atoms with Crippen molar-refractivity contribution in [2.75, 3.05) is 20.3 Å². The van der Waals surface area contributed by atoms with E-state index in [9.17, 15) is 5.11 Å². The van der Waals surface area contributed by atoms with Crippen LogP contribution in [0.15, 0.2) is 24.3 Å². The van der Waals surface area contributed by atoms with E-state index < -0.39 is 0 Å². The van der Waals surface area contributed by atoms with Crippen LogP contribution in [-0.4, -0.2) is 48.5 Å². The summed E-state index contributed by atoms with van der Waals surface area (Å²) in [6, 6.07) is 8.41. The van der Waals surface area contributed by atoms with Gasteiger partial charge >= 0.3 is 0 Å². The highest BCUT2D eigenvalue weighted by atomic mass is 16.5. The molecule has 1 aromatic rings. The summed E-state index contributed by atoms with van der Waals surface area (Å²) < 4.78 is 11.4. The second-order valence-corrected chi connectivity index (χ2v) is 6.26. The number of aliphatic hydroxyl groups excluding tert-OH is 1. The van der Waals surface area contributed by atoms with Crippen molar-refractivity contribution in [3.05, 3.63) is 29.8 Å². The van der Waals surface area contributed by atoms with Gasteiger partial charge < -0.3 is 14.6 Å². The molecule has 0 amide bonds. The van der Waals surface area contributed by atoms with Crippen LogP contribution in [0.2, 0.25) is 0 Å². The Morgan fingerprint density at radius 2 is 2.10 bits per heavy atom. The first-order chi connectivity index (χ1) is 10.2. The van der Waals surface area contributed by atoms with E-state index in [4.69, 9.17) is 9.47 Å². The zero-order valence-corrected chi connectivity index (χ0v) is 12.7. The number of hydrogen-bond donors (Lipinski definition) is 1. The maximum absolute atomic E-state index is 9.89. The molecule has 1 N–H and O–H groups in total. The number of likely N-dealkylation sites (N-methyl/N-ethyl adjacent to an activating group) is 1. The van der Waals surface area contributed by atoms with Crippen LogP contribution in [0, 0.1) is 0 Å². The Morgan fingerprint density at radius 3 is 2.81 bits per heavy atom. The van der Waals surface area contributed by atoms with E-state index in [1.165, 1.54) is 31.2 Å². The molecule has 1 aliphatic heterocycles. The van der Waals surface area contributed by atoms with Gasteiger partial charge in [0.05, 0.1) is 31.5 Å². The predicted octanol–water partition coefficient (Wildman–Crippen LogP) is 2.20. The fourth-order valence-electron chi connectivity index (χ4n) is 3.27. The summed E-state index contributed by atoms with van der Waals surface area (Å²) in [5, 5.41) is 9.89. The molecule has 2 atom stereocenters. The lowest BCUT2D eigenvalue weighted by atomic mass is 10.1. The first-order valence-corrected chi connectivity index (χ1v) is 7.94. The van der Waals surface area contributed by atoms with Gasteiger partial charge in [0.2, 0.25) is 0 Å². The van der Waals surface area contributed by atoms with Crippen LogP contribution in [0.4, 0.5) is 0 Å². The molecule has 3 rings (SSSR count). The Bertz CT molecular complexity index is 459. The standard InChI is InChI=1S/C17H25NO3/c1-18(16-11-20-12-17(16)19)10-13-5-4-8-15(9-13)21-14-6-2-3-7-14/h4-5,8-9,14,16-17,19H,2-3,6-7,10-12H2,1H3/t16-,17-/m1/s1. The topological polar surface area (TPSA) is 41.9 Å². The molecular weight excluding hydrogens is 266 g/mol. The van der Waals surface area contributed by atoms with E-state index in [0.29, 0.717) is 19.3 Å². The lowest BCUT2D eigenvalue weighted by molar-refractivity contribution is 0.0925. The van der Waals surface area contributed by atoms with Gasteiger partial charge in [-0.25, -0.2) is 0 Å². The van der Waals surface area contributed by atoms with Crippen LogP contribution >= 0.6 is 0 Å². The molecule has 116 valence electrons. The largest absolute Gasteiger partial charge is 0.490 e. The lowest BCUT2D eigenvalue weighted by Crippen LogP contribution is -2.39. The minimum atomic E-state index is -0.382. The van der Waals surface area contributed by atoms with Crippen molar-refractivity contribution in [1.29, 1.82) is 0 Å². The molecule has 2 aliphatic rings. The summed E-state index contributed by atoms with van der Waals surface area (Å²) in [5.41, 5.74) is 1.21. The van der Waals surface area contributed by atoms with E-state index in [-0.39, 0.29) is 12.1 Å². The SMILES string of the molecule is CN(Cc1cccc(OC2CCCC2)c1)[C@@H]1COC[C@H]1O. The molecule has 0 radical (unpaired) electrons. The van der Waals surface area contributed by atoms with Crippen molar-refractivity contribution in [3.63, 3.8) is 0 Å². The van der Waals surface area contributed by atoms with Crippen LogP contribution in [0.1, 0.15) is 31.2 Å². The van der Waals surface area contributed by atoms with E-state index in [0.717, 1.165) is 12.3 Å². The lowest BCUT2D eigenvalue weighted by Gasteiger charge is -2.25. The second-order valence-electron chi connectivity index (χ2n) is 6.26. The van der Waals surface area contributed by atoms with Crippen molar-refractivity contribution in [2.45, 2.75) is 50.5 Å².